The van der Waals surface area contributed by atoms with E-state index < -0.39 is 6.10 Å². The first-order valence-electron chi connectivity index (χ1n) is 6.20. The summed E-state index contributed by atoms with van der Waals surface area (Å²) in [5.41, 5.74) is -0.494. The molecule has 2 unspecified atom stereocenters. The van der Waals surface area contributed by atoms with Crippen molar-refractivity contribution in [3.8, 4) is 0 Å². The van der Waals surface area contributed by atoms with Gasteiger partial charge in [-0.25, -0.2) is 0 Å². The maximum Gasteiger partial charge on any atom is 0.0894 e. The molecule has 102 valence electrons. The third-order valence-electron chi connectivity index (χ3n) is 3.85. The molecular formula is C12H26N2O3. The quantitative estimate of drug-likeness (QED) is 0.557. The lowest BCUT2D eigenvalue weighted by atomic mass is 9.87. The lowest BCUT2D eigenvalue weighted by molar-refractivity contribution is -0.196. The maximum atomic E-state index is 10.1. The Bertz CT molecular complexity index is 256. The van der Waals surface area contributed by atoms with Crippen LogP contribution >= 0.6 is 0 Å². The highest BCUT2D eigenvalue weighted by Crippen LogP contribution is 2.42. The Morgan fingerprint density at radius 1 is 1.35 bits per heavy atom. The van der Waals surface area contributed by atoms with Gasteiger partial charge in [0.15, 0.2) is 0 Å². The molecule has 1 aliphatic rings. The molecule has 0 amide bonds. The zero-order valence-corrected chi connectivity index (χ0v) is 11.3. The number of rotatable bonds is 5. The number of hydroxylamine groups is 2. The van der Waals surface area contributed by atoms with E-state index in [9.17, 15) is 10.3 Å². The first-order chi connectivity index (χ1) is 7.71. The molecule has 5 heteroatoms. The summed E-state index contributed by atoms with van der Waals surface area (Å²) in [5, 5.41) is 32.7. The highest BCUT2D eigenvalue weighted by Gasteiger charge is 2.50. The zero-order chi connectivity index (χ0) is 13.3. The Balaban J connectivity index is 2.50. The van der Waals surface area contributed by atoms with Gasteiger partial charge in [-0.1, -0.05) is 0 Å². The van der Waals surface area contributed by atoms with E-state index in [0.29, 0.717) is 12.5 Å². The summed E-state index contributed by atoms with van der Waals surface area (Å²) in [7, 11) is 0. The van der Waals surface area contributed by atoms with Crippen LogP contribution in [0.3, 0.4) is 0 Å². The molecular weight excluding hydrogens is 220 g/mol. The van der Waals surface area contributed by atoms with Crippen LogP contribution in [0.4, 0.5) is 0 Å². The summed E-state index contributed by atoms with van der Waals surface area (Å²) < 4.78 is 0. The van der Waals surface area contributed by atoms with E-state index in [-0.39, 0.29) is 17.7 Å². The van der Waals surface area contributed by atoms with Gasteiger partial charge in [-0.2, -0.15) is 5.06 Å². The maximum absolute atomic E-state index is 10.1. The first kappa shape index (κ1) is 14.9. The van der Waals surface area contributed by atoms with Crippen LogP contribution < -0.4 is 5.32 Å². The van der Waals surface area contributed by atoms with Crippen LogP contribution in [0, 0.1) is 5.92 Å². The molecule has 1 fully saturated rings. The highest BCUT2D eigenvalue weighted by atomic mass is 16.5. The second-order valence-corrected chi connectivity index (χ2v) is 6.17. The molecule has 0 bridgehead atoms. The van der Waals surface area contributed by atoms with Crippen molar-refractivity contribution in [1.29, 1.82) is 0 Å². The van der Waals surface area contributed by atoms with Gasteiger partial charge in [0.25, 0.3) is 0 Å². The molecule has 0 aromatic heterocycles. The molecule has 0 saturated carbocycles. The van der Waals surface area contributed by atoms with Crippen LogP contribution in [-0.4, -0.2) is 57.4 Å². The largest absolute Gasteiger partial charge is 0.394 e. The minimum Gasteiger partial charge on any atom is -0.394 e. The number of nitrogens with zero attached hydrogens (tertiary/aromatic N) is 1. The van der Waals surface area contributed by atoms with Gasteiger partial charge in [0, 0.05) is 17.6 Å². The zero-order valence-electron chi connectivity index (χ0n) is 11.3. The summed E-state index contributed by atoms with van der Waals surface area (Å²) in [6.07, 6.45) is 0.191. The van der Waals surface area contributed by atoms with Crippen LogP contribution in [0.2, 0.25) is 0 Å². The van der Waals surface area contributed by atoms with E-state index in [1.54, 1.807) is 0 Å². The highest BCUT2D eigenvalue weighted by molar-refractivity contribution is 5.02. The van der Waals surface area contributed by atoms with Crippen molar-refractivity contribution in [2.45, 2.75) is 51.3 Å². The molecule has 17 heavy (non-hydrogen) atoms. The van der Waals surface area contributed by atoms with Crippen molar-refractivity contribution in [3.05, 3.63) is 0 Å². The predicted molar refractivity (Wildman–Crippen MR) is 65.9 cm³/mol. The van der Waals surface area contributed by atoms with Crippen molar-refractivity contribution in [2.75, 3.05) is 19.7 Å². The summed E-state index contributed by atoms with van der Waals surface area (Å²) >= 11 is 0. The lowest BCUT2D eigenvalue weighted by Gasteiger charge is -2.36. The fraction of sp³-hybridized carbons (Fsp3) is 1.00. The van der Waals surface area contributed by atoms with Gasteiger partial charge in [0.1, 0.15) is 0 Å². The molecule has 0 aromatic rings. The molecule has 1 heterocycles. The Morgan fingerprint density at radius 2 is 1.94 bits per heavy atom. The molecule has 0 radical (unpaired) electrons. The number of hydrogen-bond acceptors (Lipinski definition) is 5. The van der Waals surface area contributed by atoms with Crippen molar-refractivity contribution < 1.29 is 15.4 Å². The lowest BCUT2D eigenvalue weighted by Crippen LogP contribution is -2.48. The summed E-state index contributed by atoms with van der Waals surface area (Å²) in [4.78, 5) is 0. The average Bonchev–Trinajstić information content (AvgIpc) is 2.39. The van der Waals surface area contributed by atoms with Gasteiger partial charge in [-0.15, -0.1) is 0 Å². The minimum atomic E-state index is -0.710. The van der Waals surface area contributed by atoms with E-state index >= 15 is 0 Å². The van der Waals surface area contributed by atoms with E-state index in [2.05, 4.69) is 5.32 Å². The van der Waals surface area contributed by atoms with E-state index in [0.717, 1.165) is 13.0 Å². The van der Waals surface area contributed by atoms with Gasteiger partial charge in [-0.3, -0.25) is 0 Å². The van der Waals surface area contributed by atoms with Crippen molar-refractivity contribution in [3.63, 3.8) is 0 Å². The van der Waals surface area contributed by atoms with Crippen LogP contribution in [0.25, 0.3) is 0 Å². The van der Waals surface area contributed by atoms with Crippen LogP contribution in [0.1, 0.15) is 34.1 Å². The molecule has 5 nitrogen and oxygen atoms in total. The third-order valence-corrected chi connectivity index (χ3v) is 3.85. The minimum absolute atomic E-state index is 0.217. The second kappa shape index (κ2) is 5.20. The summed E-state index contributed by atoms with van der Waals surface area (Å²) in [6, 6.07) is 0. The predicted octanol–water partition coefficient (Wildman–Crippen LogP) is 0.198. The van der Waals surface area contributed by atoms with E-state index in [4.69, 9.17) is 5.11 Å². The number of aliphatic hydroxyl groups is 2. The molecule has 1 saturated heterocycles. The first-order valence-corrected chi connectivity index (χ1v) is 6.20. The molecule has 1 rings (SSSR count). The Labute approximate surface area is 103 Å². The number of aliphatic hydroxyl groups excluding tert-OH is 2. The molecule has 0 aliphatic carbocycles. The molecule has 0 aromatic carbocycles. The van der Waals surface area contributed by atoms with Crippen LogP contribution in [-0.2, 0) is 0 Å². The van der Waals surface area contributed by atoms with E-state index in [1.165, 1.54) is 5.06 Å². The SMILES string of the molecule is CC1(C)CC(CNCC(O)CO)C(C)(C)N1O. The molecule has 1 aliphatic heterocycles. The Kier molecular flexibility index (Phi) is 4.54. The summed E-state index contributed by atoms with van der Waals surface area (Å²) in [6.45, 7) is 8.99. The van der Waals surface area contributed by atoms with Crippen molar-refractivity contribution in [2.24, 2.45) is 5.92 Å². The molecule has 4 N–H and O–H groups in total. The van der Waals surface area contributed by atoms with E-state index in [1.807, 2.05) is 27.7 Å². The molecule has 2 atom stereocenters. The fourth-order valence-electron chi connectivity index (χ4n) is 2.70. The van der Waals surface area contributed by atoms with Crippen molar-refractivity contribution >= 4 is 0 Å². The monoisotopic (exact) mass is 246 g/mol. The van der Waals surface area contributed by atoms with Crippen molar-refractivity contribution in [1.82, 2.24) is 10.4 Å². The Hall–Kier alpha value is -0.200. The standard InChI is InChI=1S/C12H26N2O3/c1-11(2)5-9(12(3,4)14(11)17)6-13-7-10(16)8-15/h9-10,13,15-17H,5-8H2,1-4H3. The normalized spacial score (nSPS) is 29.5. The van der Waals surface area contributed by atoms with Gasteiger partial charge in [0.05, 0.1) is 12.7 Å². The molecule has 0 spiro atoms. The second-order valence-electron chi connectivity index (χ2n) is 6.17. The number of nitrogens with one attached hydrogen (secondary N) is 1. The van der Waals surface area contributed by atoms with Gasteiger partial charge in [-0.05, 0) is 46.6 Å². The van der Waals surface area contributed by atoms with Crippen LogP contribution in [0.15, 0.2) is 0 Å². The van der Waals surface area contributed by atoms with Gasteiger partial charge < -0.3 is 20.7 Å². The van der Waals surface area contributed by atoms with Gasteiger partial charge >= 0.3 is 0 Å². The fourth-order valence-corrected chi connectivity index (χ4v) is 2.70. The average molecular weight is 246 g/mol. The Morgan fingerprint density at radius 3 is 2.35 bits per heavy atom. The third kappa shape index (κ3) is 3.17. The van der Waals surface area contributed by atoms with Crippen LogP contribution in [0.5, 0.6) is 0 Å². The van der Waals surface area contributed by atoms with Gasteiger partial charge in [0.2, 0.25) is 0 Å². The summed E-state index contributed by atoms with van der Waals surface area (Å²) in [5.74, 6) is 0.313. The smallest absolute Gasteiger partial charge is 0.0894 e. The number of hydrogen-bond donors (Lipinski definition) is 4. The topological polar surface area (TPSA) is 76.0 Å².